The summed E-state index contributed by atoms with van der Waals surface area (Å²) in [5, 5.41) is 0.835. The van der Waals surface area contributed by atoms with Gasteiger partial charge < -0.3 is 9.64 Å². The molecule has 5 nitrogen and oxygen atoms in total. The van der Waals surface area contributed by atoms with Gasteiger partial charge in [0.15, 0.2) is 10.8 Å². The molecule has 0 aliphatic rings. The second kappa shape index (κ2) is 6.47. The number of thiazole rings is 1. The van der Waals surface area contributed by atoms with E-state index in [0.29, 0.717) is 5.69 Å². The highest BCUT2D eigenvalue weighted by atomic mass is 32.1. The number of nitrogens with zero attached hydrogens (tertiary/aromatic N) is 3. The van der Waals surface area contributed by atoms with E-state index in [4.69, 9.17) is 4.74 Å². The average Bonchev–Trinajstić information content (AvgIpc) is 2.87. The summed E-state index contributed by atoms with van der Waals surface area (Å²) < 4.78 is 4.74. The van der Waals surface area contributed by atoms with Crippen LogP contribution in [0.5, 0.6) is 0 Å². The molecule has 0 aromatic carbocycles. The van der Waals surface area contributed by atoms with Crippen molar-refractivity contribution in [2.24, 2.45) is 0 Å². The van der Waals surface area contributed by atoms with Crippen LogP contribution >= 0.6 is 11.3 Å². The molecule has 0 fully saturated rings. The van der Waals surface area contributed by atoms with Gasteiger partial charge in [0.25, 0.3) is 0 Å². The molecule has 0 saturated carbocycles. The number of ether oxygens (including phenoxy) is 1. The molecule has 0 aliphatic heterocycles. The first-order valence-electron chi connectivity index (χ1n) is 6.35. The molecule has 0 bridgehead atoms. The second-order valence-corrected chi connectivity index (χ2v) is 5.44. The number of carbonyl (C=O) groups excluding carboxylic acids is 1. The summed E-state index contributed by atoms with van der Waals surface area (Å²) in [4.78, 5) is 23.0. The van der Waals surface area contributed by atoms with Crippen molar-refractivity contribution in [3.05, 3.63) is 40.7 Å². The number of esters is 1. The number of carbonyl (C=O) groups is 1. The van der Waals surface area contributed by atoms with Crippen LogP contribution in [-0.4, -0.2) is 29.6 Å². The minimum absolute atomic E-state index is 0.384. The molecule has 2 aromatic heterocycles. The normalized spacial score (nSPS) is 10.3. The Kier molecular flexibility index (Phi) is 4.68. The van der Waals surface area contributed by atoms with Gasteiger partial charge in [0.05, 0.1) is 7.11 Å². The van der Waals surface area contributed by atoms with Gasteiger partial charge >= 0.3 is 5.97 Å². The zero-order valence-electron chi connectivity index (χ0n) is 11.8. The van der Waals surface area contributed by atoms with Crippen molar-refractivity contribution in [3.8, 4) is 0 Å². The summed E-state index contributed by atoms with van der Waals surface area (Å²) >= 11 is 1.51. The smallest absolute Gasteiger partial charge is 0.357 e. The van der Waals surface area contributed by atoms with Gasteiger partial charge in [-0.25, -0.2) is 9.78 Å². The van der Waals surface area contributed by atoms with E-state index in [1.165, 1.54) is 18.4 Å². The van der Waals surface area contributed by atoms with Crippen LogP contribution in [-0.2, 0) is 11.3 Å². The zero-order valence-corrected chi connectivity index (χ0v) is 12.6. The summed E-state index contributed by atoms with van der Waals surface area (Å²) in [5.74, 6) is -0.384. The lowest BCUT2D eigenvalue weighted by molar-refractivity contribution is 0.0594. The maximum atomic E-state index is 11.6. The minimum Gasteiger partial charge on any atom is -0.464 e. The van der Waals surface area contributed by atoms with Gasteiger partial charge in [-0.3, -0.25) is 4.98 Å². The van der Waals surface area contributed by atoms with Crippen LogP contribution in [0.25, 0.3) is 0 Å². The number of methoxy groups -OCH3 is 1. The molecule has 0 spiro atoms. The molecule has 0 atom stereocenters. The first-order chi connectivity index (χ1) is 9.65. The van der Waals surface area contributed by atoms with Gasteiger partial charge in [0.2, 0.25) is 0 Å². The molecule has 0 unspecified atom stereocenters. The number of hydrogen-bond donors (Lipinski definition) is 0. The second-order valence-electron chi connectivity index (χ2n) is 4.26. The maximum absolute atomic E-state index is 11.6. The Hall–Kier alpha value is -1.95. The van der Waals surface area contributed by atoms with Crippen LogP contribution in [0.2, 0.25) is 0 Å². The number of hydrogen-bond acceptors (Lipinski definition) is 6. The Morgan fingerprint density at radius 1 is 1.40 bits per heavy atom. The fourth-order valence-electron chi connectivity index (χ4n) is 1.83. The molecule has 0 saturated heterocycles. The number of rotatable bonds is 5. The molecule has 6 heteroatoms. The van der Waals surface area contributed by atoms with E-state index in [-0.39, 0.29) is 5.97 Å². The average molecular weight is 291 g/mol. The number of anilines is 1. The molecule has 106 valence electrons. The summed E-state index contributed by atoms with van der Waals surface area (Å²) in [6.07, 6.45) is 3.55. The van der Waals surface area contributed by atoms with Crippen LogP contribution in [0, 0.1) is 6.92 Å². The van der Waals surface area contributed by atoms with Crippen molar-refractivity contribution < 1.29 is 9.53 Å². The monoisotopic (exact) mass is 291 g/mol. The molecule has 20 heavy (non-hydrogen) atoms. The van der Waals surface area contributed by atoms with Gasteiger partial charge in [0.1, 0.15) is 0 Å². The predicted molar refractivity (Wildman–Crippen MR) is 79.2 cm³/mol. The van der Waals surface area contributed by atoms with Gasteiger partial charge in [-0.1, -0.05) is 0 Å². The summed E-state index contributed by atoms with van der Waals surface area (Å²) in [6, 6.07) is 3.95. The Labute approximate surface area is 122 Å². The maximum Gasteiger partial charge on any atom is 0.357 e. The van der Waals surface area contributed by atoms with Crippen molar-refractivity contribution in [3.63, 3.8) is 0 Å². The van der Waals surface area contributed by atoms with E-state index < -0.39 is 0 Å². The van der Waals surface area contributed by atoms with Crippen molar-refractivity contribution in [1.29, 1.82) is 0 Å². The molecule has 0 amide bonds. The third-order valence-electron chi connectivity index (χ3n) is 2.94. The number of pyridine rings is 1. The zero-order chi connectivity index (χ0) is 14.5. The van der Waals surface area contributed by atoms with Crippen LogP contribution in [0.15, 0.2) is 24.5 Å². The van der Waals surface area contributed by atoms with Crippen LogP contribution in [0.3, 0.4) is 0 Å². The first-order valence-corrected chi connectivity index (χ1v) is 7.17. The molecule has 0 N–H and O–H groups in total. The van der Waals surface area contributed by atoms with E-state index in [9.17, 15) is 4.79 Å². The quantitative estimate of drug-likeness (QED) is 0.793. The molecular weight excluding hydrogens is 274 g/mol. The lowest BCUT2D eigenvalue weighted by Crippen LogP contribution is -2.22. The summed E-state index contributed by atoms with van der Waals surface area (Å²) in [7, 11) is 1.37. The summed E-state index contributed by atoms with van der Waals surface area (Å²) in [5.41, 5.74) is 1.56. The van der Waals surface area contributed by atoms with Gasteiger partial charge in [-0.15, -0.1) is 11.3 Å². The highest BCUT2D eigenvalue weighted by molar-refractivity contribution is 7.15. The van der Waals surface area contributed by atoms with E-state index in [2.05, 4.69) is 21.8 Å². The fraction of sp³-hybridized carbons (Fsp3) is 0.357. The van der Waals surface area contributed by atoms with Crippen molar-refractivity contribution in [1.82, 2.24) is 9.97 Å². The van der Waals surface area contributed by atoms with Crippen LogP contribution in [0.1, 0.15) is 27.9 Å². The molecule has 2 rings (SSSR count). The third-order valence-corrected chi connectivity index (χ3v) is 3.97. The molecular formula is C14H17N3O2S. The highest BCUT2D eigenvalue weighted by Gasteiger charge is 2.18. The van der Waals surface area contributed by atoms with Crippen LogP contribution in [0.4, 0.5) is 5.13 Å². The van der Waals surface area contributed by atoms with Crippen LogP contribution < -0.4 is 4.90 Å². The molecule has 0 radical (unpaired) electrons. The lowest BCUT2D eigenvalue weighted by Gasteiger charge is -2.19. The first kappa shape index (κ1) is 14.5. The van der Waals surface area contributed by atoms with E-state index in [0.717, 1.165) is 28.7 Å². The fourth-order valence-corrected chi connectivity index (χ4v) is 2.79. The Bertz CT molecular complexity index is 583. The standard InChI is InChI=1S/C14H17N3O2S/c1-4-17(9-11-5-7-15-8-6-11)14-16-12(10(2)20-14)13(18)19-3/h5-8H,4,9H2,1-3H3. The highest BCUT2D eigenvalue weighted by Crippen LogP contribution is 2.27. The Balaban J connectivity index is 2.22. The predicted octanol–water partition coefficient (Wildman–Crippen LogP) is 2.66. The Morgan fingerprint density at radius 3 is 2.70 bits per heavy atom. The molecule has 2 heterocycles. The number of aromatic nitrogens is 2. The van der Waals surface area contributed by atoms with Gasteiger partial charge in [-0.05, 0) is 31.5 Å². The number of aryl methyl sites for hydroxylation is 1. The lowest BCUT2D eigenvalue weighted by atomic mass is 10.2. The minimum atomic E-state index is -0.384. The van der Waals surface area contributed by atoms with E-state index in [1.807, 2.05) is 19.1 Å². The van der Waals surface area contributed by atoms with Crippen molar-refractivity contribution >= 4 is 22.4 Å². The third kappa shape index (κ3) is 3.14. The molecule has 2 aromatic rings. The van der Waals surface area contributed by atoms with Gasteiger partial charge in [-0.2, -0.15) is 0 Å². The van der Waals surface area contributed by atoms with Crippen molar-refractivity contribution in [2.75, 3.05) is 18.6 Å². The largest absolute Gasteiger partial charge is 0.464 e. The van der Waals surface area contributed by atoms with Crippen molar-refractivity contribution in [2.45, 2.75) is 20.4 Å². The summed E-state index contributed by atoms with van der Waals surface area (Å²) in [6.45, 7) is 5.51. The Morgan fingerprint density at radius 2 is 2.10 bits per heavy atom. The molecule has 0 aliphatic carbocycles. The topological polar surface area (TPSA) is 55.3 Å². The van der Waals surface area contributed by atoms with E-state index in [1.54, 1.807) is 12.4 Å². The SMILES string of the molecule is CCN(Cc1ccncc1)c1nc(C(=O)OC)c(C)s1. The van der Waals surface area contributed by atoms with Gasteiger partial charge in [0, 0.05) is 30.4 Å². The van der Waals surface area contributed by atoms with E-state index >= 15 is 0 Å².